The number of allylic oxidation sites excluding steroid dienone is 1. The number of benzene rings is 1. The maximum Gasteiger partial charge on any atom is 0.410 e. The van der Waals surface area contributed by atoms with Crippen LogP contribution in [0.4, 0.5) is 22.8 Å². The number of ether oxygens (including phenoxy) is 2. The van der Waals surface area contributed by atoms with Crippen molar-refractivity contribution < 1.29 is 55.0 Å². The Morgan fingerprint density at radius 2 is 1.92 bits per heavy atom. The van der Waals surface area contributed by atoms with Crippen molar-refractivity contribution in [2.75, 3.05) is 13.2 Å². The van der Waals surface area contributed by atoms with Gasteiger partial charge >= 0.3 is 18.4 Å². The van der Waals surface area contributed by atoms with Gasteiger partial charge in [0.2, 0.25) is 21.8 Å². The van der Waals surface area contributed by atoms with Crippen LogP contribution in [0, 0.1) is 5.92 Å². The van der Waals surface area contributed by atoms with E-state index in [4.69, 9.17) is 9.47 Å². The van der Waals surface area contributed by atoms with Gasteiger partial charge in [-0.1, -0.05) is 36.4 Å². The lowest BCUT2D eigenvalue weighted by molar-refractivity contribution is -0.155. The van der Waals surface area contributed by atoms with Crippen molar-refractivity contribution in [2.45, 2.75) is 93.2 Å². The second-order valence-electron chi connectivity index (χ2n) is 13.5. The molecule has 51 heavy (non-hydrogen) atoms. The van der Waals surface area contributed by atoms with E-state index in [9.17, 15) is 45.6 Å². The van der Waals surface area contributed by atoms with Gasteiger partial charge in [-0.25, -0.2) is 18.0 Å². The number of hydrogen-bond donors (Lipinski definition) is 3. The van der Waals surface area contributed by atoms with Crippen LogP contribution >= 0.6 is 0 Å². The molecule has 3 fully saturated rings. The summed E-state index contributed by atoms with van der Waals surface area (Å²) in [7, 11) is -4.01. The van der Waals surface area contributed by atoms with Crippen LogP contribution in [0.3, 0.4) is 0 Å². The van der Waals surface area contributed by atoms with E-state index in [0.717, 1.165) is 21.6 Å². The van der Waals surface area contributed by atoms with Gasteiger partial charge in [0, 0.05) is 18.9 Å². The number of halogens is 3. The number of carbonyl (C=O) groups excluding carboxylic acids is 5. The molecule has 3 N–H and O–H groups in total. The minimum absolute atomic E-state index is 0.0237. The van der Waals surface area contributed by atoms with E-state index in [2.05, 4.69) is 11.9 Å². The Kier molecular flexibility index (Phi) is 9.82. The molecular formula is C33H38F3N5O9S. The molecule has 0 unspecified atom stereocenters. The number of sulfonamides is 1. The minimum atomic E-state index is -4.93. The lowest BCUT2D eigenvalue weighted by atomic mass is 10.0. The molecule has 5 atom stereocenters. The number of cyclic esters (lactones) is 1. The zero-order valence-electron chi connectivity index (χ0n) is 27.4. The third kappa shape index (κ3) is 7.99. The van der Waals surface area contributed by atoms with Crippen LogP contribution in [0.5, 0.6) is 0 Å². The summed E-state index contributed by atoms with van der Waals surface area (Å²) in [6.45, 7) is 3.39. The van der Waals surface area contributed by atoms with Crippen LogP contribution in [-0.2, 0) is 47.0 Å². The summed E-state index contributed by atoms with van der Waals surface area (Å²) in [6.07, 6.45) is -3.75. The van der Waals surface area contributed by atoms with Gasteiger partial charge in [0.25, 0.3) is 5.91 Å². The van der Waals surface area contributed by atoms with Gasteiger partial charge in [-0.05, 0) is 48.8 Å². The van der Waals surface area contributed by atoms with Crippen LogP contribution < -0.4 is 15.4 Å². The summed E-state index contributed by atoms with van der Waals surface area (Å²) >= 11 is 0. The van der Waals surface area contributed by atoms with Crippen molar-refractivity contribution in [3.05, 3.63) is 53.6 Å². The zero-order chi connectivity index (χ0) is 36.7. The average molecular weight is 738 g/mol. The first-order valence-corrected chi connectivity index (χ1v) is 18.2. The van der Waals surface area contributed by atoms with E-state index < -0.39 is 94.0 Å². The molecule has 1 aromatic rings. The van der Waals surface area contributed by atoms with E-state index in [1.807, 2.05) is 40.4 Å². The van der Waals surface area contributed by atoms with Gasteiger partial charge in [0.15, 0.2) is 0 Å². The van der Waals surface area contributed by atoms with Crippen molar-refractivity contribution in [3.8, 4) is 0 Å². The Bertz CT molecular complexity index is 1770. The fraction of sp³-hybridized carbons (Fsp3) is 0.545. The number of carbonyl (C=O) groups is 5. The van der Waals surface area contributed by atoms with Gasteiger partial charge in [-0.2, -0.15) is 13.2 Å². The second kappa shape index (κ2) is 13.8. The SMILES string of the molecule is C=C[C@@H]1C[C@]1(NC(=O)[C@@H]1C[C@@H]2CN1C(=O)[C@H](CC(F)(F)F)NC(=O)OCCCC=Cc1cccc3c1CN(C3)C(=O)O2)C(=O)NS(=O)(=O)C1CC1. The quantitative estimate of drug-likeness (QED) is 0.355. The van der Waals surface area contributed by atoms with Gasteiger partial charge in [-0.3, -0.25) is 24.0 Å². The van der Waals surface area contributed by atoms with Crippen LogP contribution in [0.2, 0.25) is 0 Å². The maximum atomic E-state index is 13.9. The zero-order valence-corrected chi connectivity index (χ0v) is 28.3. The number of fused-ring (bicyclic) bond motifs is 3. The third-order valence-corrected chi connectivity index (χ3v) is 11.5. The first-order valence-electron chi connectivity index (χ1n) is 16.6. The van der Waals surface area contributed by atoms with Crippen molar-refractivity contribution in [1.82, 2.24) is 25.2 Å². The summed E-state index contributed by atoms with van der Waals surface area (Å²) in [6, 6.07) is 1.81. The Hall–Kier alpha value is -4.61. The molecule has 276 valence electrons. The Morgan fingerprint density at radius 1 is 1.16 bits per heavy atom. The molecule has 14 nitrogen and oxygen atoms in total. The number of hydrogen-bond acceptors (Lipinski definition) is 9. The van der Waals surface area contributed by atoms with Crippen LogP contribution in [0.25, 0.3) is 6.08 Å². The highest BCUT2D eigenvalue weighted by Gasteiger charge is 2.62. The normalized spacial score (nSPS) is 28.4. The van der Waals surface area contributed by atoms with Crippen molar-refractivity contribution in [3.63, 3.8) is 0 Å². The van der Waals surface area contributed by atoms with Gasteiger partial charge in [0.05, 0.1) is 31.4 Å². The molecule has 0 spiro atoms. The topological polar surface area (TPSA) is 181 Å². The van der Waals surface area contributed by atoms with Gasteiger partial charge in [-0.15, -0.1) is 6.58 Å². The second-order valence-corrected chi connectivity index (χ2v) is 15.4. The molecule has 5 amide bonds. The van der Waals surface area contributed by atoms with Crippen molar-refractivity contribution in [1.29, 1.82) is 0 Å². The van der Waals surface area contributed by atoms with Crippen molar-refractivity contribution >= 4 is 46.0 Å². The average Bonchev–Trinajstić information content (AvgIpc) is 3.95. The number of nitrogens with zero attached hydrogens (tertiary/aromatic N) is 2. The Morgan fingerprint density at radius 3 is 2.61 bits per heavy atom. The summed E-state index contributed by atoms with van der Waals surface area (Å²) in [4.78, 5) is 69.2. The van der Waals surface area contributed by atoms with Gasteiger partial charge in [0.1, 0.15) is 23.7 Å². The van der Waals surface area contributed by atoms with E-state index in [0.29, 0.717) is 25.7 Å². The number of alkyl carbamates (subject to hydrolysis) is 1. The highest BCUT2D eigenvalue weighted by molar-refractivity contribution is 7.91. The largest absolute Gasteiger partial charge is 0.450 e. The Balaban J connectivity index is 1.27. The molecule has 3 heterocycles. The van der Waals surface area contributed by atoms with Crippen molar-refractivity contribution in [2.24, 2.45) is 5.92 Å². The molecule has 0 aromatic heterocycles. The Labute approximate surface area is 291 Å². The van der Waals surface area contributed by atoms with Crippen LogP contribution in [-0.4, -0.2) is 96.4 Å². The monoisotopic (exact) mass is 737 g/mol. The molecule has 5 aliphatic rings. The van der Waals surface area contributed by atoms with E-state index in [-0.39, 0.29) is 32.5 Å². The number of nitrogens with one attached hydrogen (secondary N) is 3. The van der Waals surface area contributed by atoms with Crippen LogP contribution in [0.1, 0.15) is 61.6 Å². The summed E-state index contributed by atoms with van der Waals surface area (Å²) in [5, 5.41) is 3.75. The lowest BCUT2D eigenvalue weighted by Gasteiger charge is -2.30. The molecule has 2 aliphatic carbocycles. The highest BCUT2D eigenvalue weighted by Crippen LogP contribution is 2.45. The predicted molar refractivity (Wildman–Crippen MR) is 173 cm³/mol. The molecule has 1 saturated heterocycles. The molecule has 4 bridgehead atoms. The lowest BCUT2D eigenvalue weighted by Crippen LogP contribution is -2.58. The summed E-state index contributed by atoms with van der Waals surface area (Å²) in [5.41, 5.74) is 0.885. The standard InChI is InChI=1S/C33H38F3N5O9S/c1-2-21-14-32(21,29(44)39-51(47,48)23-10-11-23)38-27(42)26-13-22-17-41(26)28(43)25(15-33(34,35)36)37-30(45)49-12-5-3-4-7-19-8-6-9-20-16-40(18-24(19)20)31(46)50-22/h2,4,6-9,21-23,25-26H,1,3,5,10-18H2,(H,37,45)(H,38,42)(H,39,44)/t21-,22-,25+,26+,32-/m1/s1. The highest BCUT2D eigenvalue weighted by atomic mass is 32.2. The van der Waals surface area contributed by atoms with E-state index in [1.54, 1.807) is 0 Å². The molecule has 3 aliphatic heterocycles. The first kappa shape index (κ1) is 36.2. The molecule has 18 heteroatoms. The smallest absolute Gasteiger partial charge is 0.410 e. The molecule has 2 saturated carbocycles. The van der Waals surface area contributed by atoms with E-state index in [1.165, 1.54) is 11.0 Å². The fourth-order valence-corrected chi connectivity index (χ4v) is 8.10. The number of amides is 5. The number of rotatable bonds is 7. The third-order valence-electron chi connectivity index (χ3n) is 9.71. The maximum absolute atomic E-state index is 13.9. The molecule has 6 rings (SSSR count). The minimum Gasteiger partial charge on any atom is -0.450 e. The molecular weight excluding hydrogens is 699 g/mol. The van der Waals surface area contributed by atoms with Gasteiger partial charge < -0.3 is 25.0 Å². The first-order chi connectivity index (χ1) is 24.1. The molecule has 0 radical (unpaired) electrons. The van der Waals surface area contributed by atoms with Crippen LogP contribution in [0.15, 0.2) is 36.9 Å². The summed E-state index contributed by atoms with van der Waals surface area (Å²) in [5.74, 6) is -3.99. The van der Waals surface area contributed by atoms with E-state index >= 15 is 0 Å². The fourth-order valence-electron chi connectivity index (χ4n) is 6.74. The summed E-state index contributed by atoms with van der Waals surface area (Å²) < 4.78 is 79.1. The predicted octanol–water partition coefficient (Wildman–Crippen LogP) is 2.63. The number of alkyl halides is 3. The molecule has 1 aromatic carbocycles.